The highest BCUT2D eigenvalue weighted by Gasteiger charge is 2.27. The molecule has 2 N–H and O–H groups in total. The van der Waals surface area contributed by atoms with E-state index in [1.807, 2.05) is 23.9 Å². The highest BCUT2D eigenvalue weighted by atomic mass is 32.1. The lowest BCUT2D eigenvalue weighted by Crippen LogP contribution is -2.39. The van der Waals surface area contributed by atoms with E-state index in [9.17, 15) is 14.4 Å². The summed E-state index contributed by atoms with van der Waals surface area (Å²) in [5.74, 6) is -0.337. The molecular weight excluding hydrogens is 436 g/mol. The summed E-state index contributed by atoms with van der Waals surface area (Å²) in [6.07, 6.45) is 6.40. The molecule has 3 aromatic rings. The third kappa shape index (κ3) is 4.23. The first-order chi connectivity index (χ1) is 16.0. The first kappa shape index (κ1) is 21.6. The molecule has 0 unspecified atom stereocenters. The van der Waals surface area contributed by atoms with Crippen molar-refractivity contribution < 1.29 is 9.59 Å². The van der Waals surface area contributed by atoms with Crippen LogP contribution in [0.25, 0.3) is 0 Å². The Labute approximate surface area is 195 Å². The predicted octanol–water partition coefficient (Wildman–Crippen LogP) is 3.15. The molecule has 1 aliphatic carbocycles. The van der Waals surface area contributed by atoms with E-state index in [0.717, 1.165) is 59.3 Å². The number of H-pyrrole nitrogens is 1. The van der Waals surface area contributed by atoms with Crippen molar-refractivity contribution in [3.8, 4) is 0 Å². The van der Waals surface area contributed by atoms with Gasteiger partial charge in [0.1, 0.15) is 5.56 Å². The quantitative estimate of drug-likeness (QED) is 0.623. The van der Waals surface area contributed by atoms with E-state index in [2.05, 4.69) is 15.3 Å². The number of hydrogen-bond acceptors (Lipinski definition) is 5. The van der Waals surface area contributed by atoms with Crippen LogP contribution in [-0.4, -0.2) is 33.2 Å². The molecule has 0 aromatic carbocycles. The van der Waals surface area contributed by atoms with Gasteiger partial charge in [-0.15, -0.1) is 0 Å². The van der Waals surface area contributed by atoms with Gasteiger partial charge in [-0.25, -0.2) is 0 Å². The van der Waals surface area contributed by atoms with Crippen molar-refractivity contribution in [1.29, 1.82) is 0 Å². The van der Waals surface area contributed by atoms with Crippen LogP contribution in [0.2, 0.25) is 0 Å². The first-order valence-corrected chi connectivity index (χ1v) is 12.3. The molecule has 0 bridgehead atoms. The van der Waals surface area contributed by atoms with Crippen LogP contribution in [0.1, 0.15) is 67.2 Å². The lowest BCUT2D eigenvalue weighted by atomic mass is 9.93. The lowest BCUT2D eigenvalue weighted by molar-refractivity contribution is 0.0732. The van der Waals surface area contributed by atoms with Crippen molar-refractivity contribution in [2.45, 2.75) is 52.1 Å². The van der Waals surface area contributed by atoms with E-state index in [4.69, 9.17) is 0 Å². The fourth-order valence-electron chi connectivity index (χ4n) is 4.80. The highest BCUT2D eigenvalue weighted by molar-refractivity contribution is 7.08. The summed E-state index contributed by atoms with van der Waals surface area (Å²) in [6.45, 7) is 3.27. The van der Waals surface area contributed by atoms with E-state index in [0.29, 0.717) is 31.6 Å². The zero-order valence-corrected chi connectivity index (χ0v) is 19.4. The van der Waals surface area contributed by atoms with Crippen LogP contribution in [0.15, 0.2) is 33.9 Å². The van der Waals surface area contributed by atoms with Gasteiger partial charge in [0.15, 0.2) is 0 Å². The molecule has 1 aliphatic heterocycles. The molecule has 0 fully saturated rings. The number of carbonyl (C=O) groups excluding carboxylic acids is 2. The topological polar surface area (TPSA) is 95.2 Å². The van der Waals surface area contributed by atoms with Gasteiger partial charge in [-0.05, 0) is 78.8 Å². The molecule has 0 saturated carbocycles. The van der Waals surface area contributed by atoms with Gasteiger partial charge >= 0.3 is 0 Å². The minimum Gasteiger partial charge on any atom is -0.348 e. The minimum absolute atomic E-state index is 0.104. The van der Waals surface area contributed by atoms with E-state index in [-0.39, 0.29) is 22.9 Å². The van der Waals surface area contributed by atoms with Gasteiger partial charge in [-0.1, -0.05) is 0 Å². The Hall–Kier alpha value is -3.26. The monoisotopic (exact) mass is 462 g/mol. The maximum Gasteiger partial charge on any atom is 0.261 e. The van der Waals surface area contributed by atoms with Gasteiger partial charge in [0.2, 0.25) is 0 Å². The Kier molecular flexibility index (Phi) is 5.85. The number of thiophene rings is 1. The summed E-state index contributed by atoms with van der Waals surface area (Å²) in [5.41, 5.74) is 6.63. The van der Waals surface area contributed by atoms with Crippen LogP contribution in [0, 0.1) is 6.92 Å². The van der Waals surface area contributed by atoms with Gasteiger partial charge in [0, 0.05) is 48.2 Å². The third-order valence-corrected chi connectivity index (χ3v) is 7.34. The number of pyridine rings is 2. The Bertz CT molecular complexity index is 1280. The number of amides is 2. The summed E-state index contributed by atoms with van der Waals surface area (Å²) in [5, 5.41) is 6.70. The molecule has 7 nitrogen and oxygen atoms in total. The number of fused-ring (bicyclic) bond motifs is 2. The molecule has 2 amide bonds. The van der Waals surface area contributed by atoms with E-state index in [1.165, 1.54) is 11.3 Å². The second-order valence-corrected chi connectivity index (χ2v) is 9.50. The second kappa shape index (κ2) is 8.94. The number of nitrogens with zero attached hydrogens (tertiary/aromatic N) is 2. The minimum atomic E-state index is -0.301. The number of carbonyl (C=O) groups is 2. The molecular formula is C25H26N4O3S. The molecule has 0 spiro atoms. The Balaban J connectivity index is 1.35. The van der Waals surface area contributed by atoms with E-state index in [1.54, 1.807) is 17.0 Å². The molecule has 5 rings (SSSR count). The van der Waals surface area contributed by atoms with Crippen LogP contribution >= 0.6 is 11.3 Å². The van der Waals surface area contributed by atoms with Crippen LogP contribution in [-0.2, 0) is 32.4 Å². The normalized spacial score (nSPS) is 15.0. The largest absolute Gasteiger partial charge is 0.348 e. The maximum absolute atomic E-state index is 13.2. The van der Waals surface area contributed by atoms with Crippen molar-refractivity contribution in [3.63, 3.8) is 0 Å². The van der Waals surface area contributed by atoms with Crippen molar-refractivity contribution in [1.82, 2.24) is 20.2 Å². The number of aromatic amines is 1. The second-order valence-electron chi connectivity index (χ2n) is 8.72. The summed E-state index contributed by atoms with van der Waals surface area (Å²) in [7, 11) is 0. The molecule has 170 valence electrons. The standard InChI is InChI=1S/C25H26N4O3S/c1-15-21(12-27-23(30)17-7-9-33-14-17)19-6-8-29(13-18(19)11-26-15)25(32)20-10-16-4-2-3-5-22(16)28-24(20)31/h7,9-11,14H,2-6,8,12-13H2,1H3,(H,27,30)(H,28,31). The molecule has 8 heteroatoms. The SMILES string of the molecule is Cc1ncc2c(c1CNC(=O)c1ccsc1)CCN(C(=O)c1cc3c([nH]c1=O)CCCC3)C2. The summed E-state index contributed by atoms with van der Waals surface area (Å²) in [6, 6.07) is 3.60. The van der Waals surface area contributed by atoms with Crippen LogP contribution in [0.3, 0.4) is 0 Å². The third-order valence-electron chi connectivity index (χ3n) is 6.66. The predicted molar refractivity (Wildman–Crippen MR) is 127 cm³/mol. The summed E-state index contributed by atoms with van der Waals surface area (Å²) in [4.78, 5) is 47.4. The molecule has 0 atom stereocenters. The van der Waals surface area contributed by atoms with Gasteiger partial charge in [0.25, 0.3) is 17.4 Å². The average Bonchev–Trinajstić information content (AvgIpc) is 3.37. The molecule has 2 aliphatic rings. The smallest absolute Gasteiger partial charge is 0.261 e. The van der Waals surface area contributed by atoms with Gasteiger partial charge in [-0.2, -0.15) is 11.3 Å². The molecule has 3 aromatic heterocycles. The van der Waals surface area contributed by atoms with Gasteiger partial charge in [0.05, 0.1) is 0 Å². The number of nitrogens with one attached hydrogen (secondary N) is 2. The van der Waals surface area contributed by atoms with Crippen molar-refractivity contribution in [2.24, 2.45) is 0 Å². The Morgan fingerprint density at radius 2 is 2.06 bits per heavy atom. The number of hydrogen-bond donors (Lipinski definition) is 2. The number of aryl methyl sites for hydroxylation is 3. The zero-order chi connectivity index (χ0) is 22.9. The average molecular weight is 463 g/mol. The van der Waals surface area contributed by atoms with Gasteiger partial charge < -0.3 is 15.2 Å². The summed E-state index contributed by atoms with van der Waals surface area (Å²) >= 11 is 1.49. The Morgan fingerprint density at radius 3 is 2.88 bits per heavy atom. The zero-order valence-electron chi connectivity index (χ0n) is 18.6. The number of aromatic nitrogens is 2. The fourth-order valence-corrected chi connectivity index (χ4v) is 5.43. The molecule has 33 heavy (non-hydrogen) atoms. The maximum atomic E-state index is 13.2. The molecule has 0 saturated heterocycles. The summed E-state index contributed by atoms with van der Waals surface area (Å²) < 4.78 is 0. The Morgan fingerprint density at radius 1 is 1.21 bits per heavy atom. The molecule has 4 heterocycles. The van der Waals surface area contributed by atoms with E-state index >= 15 is 0 Å². The van der Waals surface area contributed by atoms with Crippen LogP contribution < -0.4 is 10.9 Å². The molecule has 0 radical (unpaired) electrons. The van der Waals surface area contributed by atoms with Gasteiger partial charge in [-0.3, -0.25) is 19.4 Å². The van der Waals surface area contributed by atoms with Crippen molar-refractivity contribution >= 4 is 23.2 Å². The lowest BCUT2D eigenvalue weighted by Gasteiger charge is -2.30. The van der Waals surface area contributed by atoms with Crippen molar-refractivity contribution in [3.05, 3.63) is 84.2 Å². The van der Waals surface area contributed by atoms with Crippen LogP contribution in [0.5, 0.6) is 0 Å². The fraction of sp³-hybridized carbons (Fsp3) is 0.360. The van der Waals surface area contributed by atoms with E-state index < -0.39 is 0 Å². The van der Waals surface area contributed by atoms with Crippen LogP contribution in [0.4, 0.5) is 0 Å². The highest BCUT2D eigenvalue weighted by Crippen LogP contribution is 2.26. The number of rotatable bonds is 4. The first-order valence-electron chi connectivity index (χ1n) is 11.3. The van der Waals surface area contributed by atoms with Crippen molar-refractivity contribution in [2.75, 3.05) is 6.54 Å².